The lowest BCUT2D eigenvalue weighted by atomic mass is 9.97. The normalized spacial score (nSPS) is 20.6. The Labute approximate surface area is 182 Å². The maximum atomic E-state index is 13.1. The summed E-state index contributed by atoms with van der Waals surface area (Å²) in [6, 6.07) is 7.53. The zero-order valence-electron chi connectivity index (χ0n) is 17.5. The molecule has 0 unspecified atom stereocenters. The molecule has 0 radical (unpaired) electrons. The number of piperazine rings is 1. The summed E-state index contributed by atoms with van der Waals surface area (Å²) in [4.78, 5) is 35.0. The highest BCUT2D eigenvalue weighted by Crippen LogP contribution is 2.25. The molecule has 166 valence electrons. The van der Waals surface area contributed by atoms with Crippen LogP contribution in [0.4, 0.5) is 5.69 Å². The van der Waals surface area contributed by atoms with E-state index in [1.54, 1.807) is 6.92 Å². The molecule has 0 aliphatic carbocycles. The number of imidazole rings is 1. The summed E-state index contributed by atoms with van der Waals surface area (Å²) in [5.74, 6) is -0.262. The number of carbonyl (C=O) groups is 2. The summed E-state index contributed by atoms with van der Waals surface area (Å²) in [7, 11) is -3.66. The number of ketones is 1. The zero-order valence-corrected chi connectivity index (χ0v) is 18.3. The molecule has 2 aliphatic rings. The summed E-state index contributed by atoms with van der Waals surface area (Å²) in [6.07, 6.45) is 3.99. The number of amides is 1. The highest BCUT2D eigenvalue weighted by atomic mass is 32.2. The van der Waals surface area contributed by atoms with Crippen LogP contribution in [-0.4, -0.2) is 78.5 Å². The third-order valence-corrected chi connectivity index (χ3v) is 7.85. The molecule has 1 aromatic carbocycles. The van der Waals surface area contributed by atoms with Gasteiger partial charge >= 0.3 is 0 Å². The minimum absolute atomic E-state index is 0.0242. The molecule has 3 heterocycles. The second kappa shape index (κ2) is 8.80. The fourth-order valence-electron chi connectivity index (χ4n) is 4.24. The van der Waals surface area contributed by atoms with E-state index >= 15 is 0 Å². The molecule has 2 saturated heterocycles. The third kappa shape index (κ3) is 4.49. The molecule has 2 aliphatic heterocycles. The maximum absolute atomic E-state index is 13.1. The maximum Gasteiger partial charge on any atom is 0.260 e. The largest absolute Gasteiger partial charge is 0.368 e. The number of H-pyrrole nitrogens is 1. The van der Waals surface area contributed by atoms with Gasteiger partial charge < -0.3 is 14.8 Å². The highest BCUT2D eigenvalue weighted by Gasteiger charge is 2.36. The number of benzene rings is 1. The number of aromatic nitrogens is 2. The molecule has 0 spiro atoms. The molecule has 0 saturated carbocycles. The van der Waals surface area contributed by atoms with Crippen LogP contribution in [0.3, 0.4) is 0 Å². The van der Waals surface area contributed by atoms with Crippen LogP contribution < -0.4 is 4.90 Å². The molecule has 1 N–H and O–H groups in total. The molecule has 31 heavy (non-hydrogen) atoms. The van der Waals surface area contributed by atoms with Crippen molar-refractivity contribution in [3.8, 4) is 0 Å². The first-order valence-electron chi connectivity index (χ1n) is 10.5. The van der Waals surface area contributed by atoms with Crippen LogP contribution in [0.25, 0.3) is 0 Å². The van der Waals surface area contributed by atoms with Crippen molar-refractivity contribution in [1.82, 2.24) is 19.2 Å². The lowest BCUT2D eigenvalue weighted by Gasteiger charge is -2.39. The number of Topliss-reactive ketones (excluding diaryl/α,β-unsaturated/α-hetero) is 1. The summed E-state index contributed by atoms with van der Waals surface area (Å²) in [5, 5.41) is 0.0602. The molecule has 4 rings (SSSR count). The zero-order chi connectivity index (χ0) is 22.0. The molecule has 10 heteroatoms. The summed E-state index contributed by atoms with van der Waals surface area (Å²) in [6.45, 7) is 4.75. The second-order valence-corrected chi connectivity index (χ2v) is 9.94. The van der Waals surface area contributed by atoms with Crippen molar-refractivity contribution in [1.29, 1.82) is 0 Å². The van der Waals surface area contributed by atoms with E-state index < -0.39 is 10.0 Å². The van der Waals surface area contributed by atoms with Gasteiger partial charge in [0.25, 0.3) is 10.0 Å². The van der Waals surface area contributed by atoms with Gasteiger partial charge in [0.05, 0.1) is 18.4 Å². The lowest BCUT2D eigenvalue weighted by Crippen LogP contribution is -2.53. The van der Waals surface area contributed by atoms with E-state index in [2.05, 4.69) is 14.9 Å². The number of anilines is 1. The van der Waals surface area contributed by atoms with E-state index in [0.717, 1.165) is 5.69 Å². The van der Waals surface area contributed by atoms with Gasteiger partial charge in [-0.05, 0) is 44.0 Å². The van der Waals surface area contributed by atoms with Gasteiger partial charge in [-0.2, -0.15) is 4.31 Å². The van der Waals surface area contributed by atoms with E-state index in [4.69, 9.17) is 0 Å². The predicted octanol–water partition coefficient (Wildman–Crippen LogP) is 1.36. The van der Waals surface area contributed by atoms with E-state index in [0.29, 0.717) is 51.1 Å². The van der Waals surface area contributed by atoms with E-state index in [9.17, 15) is 18.0 Å². The molecule has 9 nitrogen and oxygen atoms in total. The topological polar surface area (TPSA) is 107 Å². The number of nitrogens with zero attached hydrogens (tertiary/aromatic N) is 4. The van der Waals surface area contributed by atoms with Crippen LogP contribution in [-0.2, 0) is 14.8 Å². The fourth-order valence-corrected chi connectivity index (χ4v) is 5.66. The summed E-state index contributed by atoms with van der Waals surface area (Å²) >= 11 is 0. The number of piperidine rings is 1. The number of rotatable bonds is 5. The first kappa shape index (κ1) is 21.5. The van der Waals surface area contributed by atoms with Gasteiger partial charge in [-0.25, -0.2) is 13.4 Å². The van der Waals surface area contributed by atoms with Gasteiger partial charge in [0.2, 0.25) is 5.91 Å². The quantitative estimate of drug-likeness (QED) is 0.697. The van der Waals surface area contributed by atoms with Gasteiger partial charge in [-0.3, -0.25) is 9.59 Å². The Morgan fingerprint density at radius 2 is 1.77 bits per heavy atom. The van der Waals surface area contributed by atoms with Gasteiger partial charge in [-0.1, -0.05) is 0 Å². The van der Waals surface area contributed by atoms with Crippen LogP contribution in [0.2, 0.25) is 0 Å². The number of carbonyl (C=O) groups excluding carboxylic acids is 2. The van der Waals surface area contributed by atoms with Crippen molar-refractivity contribution in [3.63, 3.8) is 0 Å². The molecule has 1 atom stereocenters. The molecular formula is C21H27N5O4S. The lowest BCUT2D eigenvalue weighted by molar-refractivity contribution is -0.137. The van der Waals surface area contributed by atoms with Gasteiger partial charge in [0, 0.05) is 50.5 Å². The van der Waals surface area contributed by atoms with E-state index in [1.807, 2.05) is 29.2 Å². The van der Waals surface area contributed by atoms with Crippen molar-refractivity contribution in [2.75, 3.05) is 44.2 Å². The number of sulfonamides is 1. The van der Waals surface area contributed by atoms with Crippen LogP contribution in [0.1, 0.15) is 30.1 Å². The van der Waals surface area contributed by atoms with Crippen LogP contribution in [0.15, 0.2) is 41.8 Å². The number of aromatic amines is 1. The Morgan fingerprint density at radius 3 is 2.39 bits per heavy atom. The SMILES string of the molecule is CC(=O)c1ccc(N2CCN(C(=O)[C@H]3CCCN(S(=O)(=O)c4cnc[nH]4)C3)CC2)cc1. The average molecular weight is 446 g/mol. The van der Waals surface area contributed by atoms with Crippen molar-refractivity contribution in [2.45, 2.75) is 24.8 Å². The average Bonchev–Trinajstić information content (AvgIpc) is 3.35. The molecule has 2 fully saturated rings. The Bertz CT molecular complexity index is 1030. The van der Waals surface area contributed by atoms with Gasteiger partial charge in [0.1, 0.15) is 0 Å². The monoisotopic (exact) mass is 445 g/mol. The Hall–Kier alpha value is -2.72. The van der Waals surface area contributed by atoms with Crippen molar-refractivity contribution in [2.24, 2.45) is 5.92 Å². The van der Waals surface area contributed by atoms with Crippen LogP contribution in [0, 0.1) is 5.92 Å². The van der Waals surface area contributed by atoms with E-state index in [1.165, 1.54) is 16.8 Å². The standard InChI is InChI=1S/C21H27N5O4S/c1-16(27)17-4-6-19(7-5-17)24-9-11-25(12-10-24)21(28)18-3-2-8-26(14-18)31(29,30)20-13-22-15-23-20/h4-7,13,15,18H,2-3,8-12,14H2,1H3,(H,22,23)/t18-/m0/s1. The Morgan fingerprint density at radius 1 is 1.06 bits per heavy atom. The molecule has 0 bridgehead atoms. The van der Waals surface area contributed by atoms with Crippen molar-refractivity contribution < 1.29 is 18.0 Å². The number of hydrogen-bond donors (Lipinski definition) is 1. The second-order valence-electron chi connectivity index (χ2n) is 8.03. The number of nitrogens with one attached hydrogen (secondary N) is 1. The summed E-state index contributed by atoms with van der Waals surface area (Å²) in [5.41, 5.74) is 1.72. The predicted molar refractivity (Wildman–Crippen MR) is 115 cm³/mol. The van der Waals surface area contributed by atoms with Crippen molar-refractivity contribution >= 4 is 27.4 Å². The Balaban J connectivity index is 1.35. The van der Waals surface area contributed by atoms with Crippen molar-refractivity contribution in [3.05, 3.63) is 42.4 Å². The molecular weight excluding hydrogens is 418 g/mol. The molecule has 1 aromatic heterocycles. The number of hydrogen-bond acceptors (Lipinski definition) is 6. The summed E-state index contributed by atoms with van der Waals surface area (Å²) < 4.78 is 26.9. The van der Waals surface area contributed by atoms with E-state index in [-0.39, 0.29) is 29.2 Å². The minimum atomic E-state index is -3.66. The molecule has 1 amide bonds. The first-order chi connectivity index (χ1) is 14.9. The van der Waals surface area contributed by atoms with Crippen LogP contribution >= 0.6 is 0 Å². The minimum Gasteiger partial charge on any atom is -0.368 e. The van der Waals surface area contributed by atoms with Gasteiger partial charge in [0.15, 0.2) is 10.8 Å². The first-order valence-corrected chi connectivity index (χ1v) is 11.9. The fraction of sp³-hybridized carbons (Fsp3) is 0.476. The smallest absolute Gasteiger partial charge is 0.260 e. The Kier molecular flexibility index (Phi) is 6.10. The highest BCUT2D eigenvalue weighted by molar-refractivity contribution is 7.89. The van der Waals surface area contributed by atoms with Crippen LogP contribution in [0.5, 0.6) is 0 Å². The van der Waals surface area contributed by atoms with Gasteiger partial charge in [-0.15, -0.1) is 0 Å². The third-order valence-electron chi connectivity index (χ3n) is 6.05. The molecule has 2 aromatic rings.